The molecule has 0 unspecified atom stereocenters. The van der Waals surface area contributed by atoms with Crippen LogP contribution in [-0.4, -0.2) is 48.1 Å². The van der Waals surface area contributed by atoms with Crippen LogP contribution in [0, 0.1) is 0 Å². The van der Waals surface area contributed by atoms with Gasteiger partial charge in [-0.05, 0) is 32.0 Å². The van der Waals surface area contributed by atoms with E-state index in [0.29, 0.717) is 0 Å². The minimum absolute atomic E-state index is 0.159. The molecule has 0 amide bonds. The first-order valence-electron chi connectivity index (χ1n) is 5.77. The fraction of sp³-hybridized carbons (Fsp3) is 0.417. The molecule has 0 atom stereocenters. The Kier molecular flexibility index (Phi) is 4.42. The van der Waals surface area contributed by atoms with Crippen LogP contribution < -0.4 is 5.73 Å². The molecule has 0 saturated heterocycles. The summed E-state index contributed by atoms with van der Waals surface area (Å²) < 4.78 is 25.6. The third-order valence-corrected chi connectivity index (χ3v) is 4.39. The molecule has 0 fully saturated rings. The summed E-state index contributed by atoms with van der Waals surface area (Å²) in [6.45, 7) is 2.75. The van der Waals surface area contributed by atoms with Crippen molar-refractivity contribution in [1.82, 2.24) is 4.31 Å². The van der Waals surface area contributed by atoms with Crippen molar-refractivity contribution in [3.63, 3.8) is 0 Å². The minimum Gasteiger partial charge on any atom is -0.478 e. The molecule has 4 N–H and O–H groups in total. The van der Waals surface area contributed by atoms with Crippen LogP contribution in [0.5, 0.6) is 0 Å². The average molecular weight is 302 g/mol. The molecule has 0 bridgehead atoms. The molecule has 0 spiro atoms. The molecule has 0 radical (unpaired) electrons. The van der Waals surface area contributed by atoms with Crippen LogP contribution in [-0.2, 0) is 10.0 Å². The van der Waals surface area contributed by atoms with E-state index in [-0.39, 0.29) is 17.1 Å². The van der Waals surface area contributed by atoms with E-state index >= 15 is 0 Å². The number of hydrogen-bond donors (Lipinski definition) is 3. The number of hydrogen-bond acceptors (Lipinski definition) is 5. The van der Waals surface area contributed by atoms with Gasteiger partial charge in [-0.3, -0.25) is 0 Å². The van der Waals surface area contributed by atoms with Crippen LogP contribution in [0.2, 0.25) is 0 Å². The standard InChI is InChI=1S/C12H18N2O5S/c1-12(2,17)7-14(3)20(18,19)10-5-4-8(13)6-9(10)11(15)16/h4-6,17H,7,13H2,1-3H3,(H,15,16). The van der Waals surface area contributed by atoms with Crippen molar-refractivity contribution >= 4 is 21.7 Å². The Morgan fingerprint density at radius 2 is 1.95 bits per heavy atom. The van der Waals surface area contributed by atoms with E-state index in [4.69, 9.17) is 10.8 Å². The highest BCUT2D eigenvalue weighted by Crippen LogP contribution is 2.23. The van der Waals surface area contributed by atoms with Crippen LogP contribution in [0.4, 0.5) is 5.69 Å². The molecule has 20 heavy (non-hydrogen) atoms. The summed E-state index contributed by atoms with van der Waals surface area (Å²) in [4.78, 5) is 10.8. The molecule has 1 aromatic carbocycles. The Labute approximate surface area is 117 Å². The van der Waals surface area contributed by atoms with Gasteiger partial charge in [0.1, 0.15) is 0 Å². The van der Waals surface area contributed by atoms with Crippen LogP contribution in [0.15, 0.2) is 23.1 Å². The fourth-order valence-corrected chi connectivity index (χ4v) is 3.22. The smallest absolute Gasteiger partial charge is 0.337 e. The second-order valence-corrected chi connectivity index (χ2v) is 7.15. The molecule has 0 saturated carbocycles. The van der Waals surface area contributed by atoms with Crippen molar-refractivity contribution in [2.45, 2.75) is 24.3 Å². The quantitative estimate of drug-likeness (QED) is 0.675. The number of aliphatic hydroxyl groups is 1. The summed E-state index contributed by atoms with van der Waals surface area (Å²) in [5.74, 6) is -1.38. The van der Waals surface area contributed by atoms with Gasteiger partial charge in [0.25, 0.3) is 0 Å². The van der Waals surface area contributed by atoms with Crippen molar-refractivity contribution in [2.75, 3.05) is 19.3 Å². The Morgan fingerprint density at radius 3 is 2.40 bits per heavy atom. The summed E-state index contributed by atoms with van der Waals surface area (Å²) in [6.07, 6.45) is 0. The van der Waals surface area contributed by atoms with Gasteiger partial charge in [0, 0.05) is 19.3 Å². The number of carboxylic acids is 1. The number of likely N-dealkylation sites (N-methyl/N-ethyl adjacent to an activating group) is 1. The van der Waals surface area contributed by atoms with Crippen LogP contribution in [0.3, 0.4) is 0 Å². The van der Waals surface area contributed by atoms with Crippen molar-refractivity contribution in [2.24, 2.45) is 0 Å². The van der Waals surface area contributed by atoms with E-state index in [1.807, 2.05) is 0 Å². The van der Waals surface area contributed by atoms with E-state index in [1.54, 1.807) is 0 Å². The van der Waals surface area contributed by atoms with Gasteiger partial charge < -0.3 is 15.9 Å². The molecule has 1 rings (SSSR count). The zero-order chi connectivity index (χ0) is 15.7. The number of rotatable bonds is 5. The molecular formula is C12H18N2O5S. The molecule has 112 valence electrons. The number of carboxylic acid groups (broad SMARTS) is 1. The van der Waals surface area contributed by atoms with Gasteiger partial charge in [-0.25, -0.2) is 13.2 Å². The number of carbonyl (C=O) groups is 1. The number of benzene rings is 1. The zero-order valence-electron chi connectivity index (χ0n) is 11.5. The van der Waals surface area contributed by atoms with Crippen LogP contribution in [0.1, 0.15) is 24.2 Å². The Bertz CT molecular complexity index is 619. The van der Waals surface area contributed by atoms with Gasteiger partial charge >= 0.3 is 5.97 Å². The number of nitrogen functional groups attached to an aromatic ring is 1. The molecule has 8 heteroatoms. The summed E-state index contributed by atoms with van der Waals surface area (Å²) >= 11 is 0. The van der Waals surface area contributed by atoms with E-state index in [2.05, 4.69) is 0 Å². The average Bonchev–Trinajstić information content (AvgIpc) is 2.25. The zero-order valence-corrected chi connectivity index (χ0v) is 12.3. The molecule has 0 aliphatic rings. The molecule has 0 aliphatic carbocycles. The summed E-state index contributed by atoms with van der Waals surface area (Å²) in [5, 5.41) is 18.8. The Morgan fingerprint density at radius 1 is 1.40 bits per heavy atom. The second-order valence-electron chi connectivity index (χ2n) is 5.13. The third kappa shape index (κ3) is 3.69. The lowest BCUT2D eigenvalue weighted by atomic mass is 10.1. The Balaban J connectivity index is 3.32. The topological polar surface area (TPSA) is 121 Å². The third-order valence-electron chi connectivity index (χ3n) is 2.53. The highest BCUT2D eigenvalue weighted by Gasteiger charge is 2.30. The molecule has 1 aromatic rings. The first-order valence-corrected chi connectivity index (χ1v) is 7.21. The maximum atomic E-state index is 12.4. The molecule has 7 nitrogen and oxygen atoms in total. The summed E-state index contributed by atoms with van der Waals surface area (Å²) in [6, 6.07) is 3.55. The van der Waals surface area contributed by atoms with Gasteiger partial charge in [0.15, 0.2) is 0 Å². The minimum atomic E-state index is -4.03. The summed E-state index contributed by atoms with van der Waals surface area (Å²) in [7, 11) is -2.75. The van der Waals surface area contributed by atoms with E-state index in [0.717, 1.165) is 16.4 Å². The first-order chi connectivity index (χ1) is 8.95. The van der Waals surface area contributed by atoms with Crippen molar-refractivity contribution in [3.05, 3.63) is 23.8 Å². The Hall–Kier alpha value is -1.64. The molecule has 0 aromatic heterocycles. The van der Waals surface area contributed by atoms with Gasteiger partial charge in [0.2, 0.25) is 10.0 Å². The van der Waals surface area contributed by atoms with Crippen molar-refractivity contribution in [3.8, 4) is 0 Å². The van der Waals surface area contributed by atoms with Gasteiger partial charge in [-0.15, -0.1) is 0 Å². The van der Waals surface area contributed by atoms with Gasteiger partial charge in [-0.1, -0.05) is 0 Å². The van der Waals surface area contributed by atoms with Gasteiger partial charge in [-0.2, -0.15) is 4.31 Å². The highest BCUT2D eigenvalue weighted by atomic mass is 32.2. The maximum absolute atomic E-state index is 12.4. The molecule has 0 aliphatic heterocycles. The fourth-order valence-electron chi connectivity index (χ4n) is 1.74. The lowest BCUT2D eigenvalue weighted by Crippen LogP contribution is -2.40. The van der Waals surface area contributed by atoms with Crippen molar-refractivity contribution < 1.29 is 23.4 Å². The van der Waals surface area contributed by atoms with Crippen LogP contribution in [0.25, 0.3) is 0 Å². The van der Waals surface area contributed by atoms with Gasteiger partial charge in [0.05, 0.1) is 16.1 Å². The number of nitrogens with two attached hydrogens (primary N) is 1. The monoisotopic (exact) mass is 302 g/mol. The molecule has 0 heterocycles. The van der Waals surface area contributed by atoms with Crippen LogP contribution >= 0.6 is 0 Å². The lowest BCUT2D eigenvalue weighted by molar-refractivity contribution is 0.0639. The van der Waals surface area contributed by atoms with Crippen molar-refractivity contribution in [1.29, 1.82) is 0 Å². The SMILES string of the molecule is CN(CC(C)(C)O)S(=O)(=O)c1ccc(N)cc1C(=O)O. The molecular weight excluding hydrogens is 284 g/mol. The second kappa shape index (κ2) is 5.39. The largest absolute Gasteiger partial charge is 0.478 e. The summed E-state index contributed by atoms with van der Waals surface area (Å²) in [5.41, 5.74) is 4.00. The number of anilines is 1. The van der Waals surface area contributed by atoms with E-state index < -0.39 is 27.2 Å². The predicted octanol–water partition coefficient (Wildman–Crippen LogP) is 0.358. The maximum Gasteiger partial charge on any atom is 0.337 e. The number of nitrogens with zero attached hydrogens (tertiary/aromatic N) is 1. The first kappa shape index (κ1) is 16.4. The number of aromatic carboxylic acids is 1. The normalized spacial score (nSPS) is 12.7. The van der Waals surface area contributed by atoms with E-state index in [9.17, 15) is 18.3 Å². The highest BCUT2D eigenvalue weighted by molar-refractivity contribution is 7.89. The lowest BCUT2D eigenvalue weighted by Gasteiger charge is -2.25. The van der Waals surface area contributed by atoms with E-state index in [1.165, 1.54) is 27.0 Å². The number of sulfonamides is 1. The predicted molar refractivity (Wildman–Crippen MR) is 73.9 cm³/mol.